The zero-order chi connectivity index (χ0) is 14.0. The zero-order valence-electron chi connectivity index (χ0n) is 12.7. The zero-order valence-corrected chi connectivity index (χ0v) is 12.7. The van der Waals surface area contributed by atoms with Gasteiger partial charge in [0.05, 0.1) is 0 Å². The van der Waals surface area contributed by atoms with Gasteiger partial charge in [-0.3, -0.25) is 0 Å². The molecule has 1 aliphatic heterocycles. The Hall–Kier alpha value is -1.34. The van der Waals surface area contributed by atoms with Crippen molar-refractivity contribution >= 4 is 10.8 Å². The molecule has 1 nitrogen and oxygen atoms in total. The largest absolute Gasteiger partial charge is 0.311 e. The Bertz CT molecular complexity index is 574. The van der Waals surface area contributed by atoms with Crippen molar-refractivity contribution in [1.29, 1.82) is 0 Å². The van der Waals surface area contributed by atoms with Gasteiger partial charge in [-0.1, -0.05) is 56.3 Å². The first kappa shape index (κ1) is 13.6. The van der Waals surface area contributed by atoms with E-state index in [1.54, 1.807) is 0 Å². The molecule has 20 heavy (non-hydrogen) atoms. The number of nitrogens with one attached hydrogen (secondary N) is 1. The highest BCUT2D eigenvalue weighted by molar-refractivity contribution is 5.85. The van der Waals surface area contributed by atoms with Crippen LogP contribution in [0.4, 0.5) is 0 Å². The number of hydrogen-bond donors (Lipinski definition) is 1. The Morgan fingerprint density at radius 2 is 1.90 bits per heavy atom. The molecule has 0 amide bonds. The number of benzene rings is 2. The minimum atomic E-state index is 0.318. The summed E-state index contributed by atoms with van der Waals surface area (Å²) >= 11 is 0. The fourth-order valence-corrected chi connectivity index (χ4v) is 3.86. The summed E-state index contributed by atoms with van der Waals surface area (Å²) in [5.41, 5.74) is 1.82. The Labute approximate surface area is 122 Å². The lowest BCUT2D eigenvalue weighted by molar-refractivity contribution is 0.302. The van der Waals surface area contributed by atoms with Gasteiger partial charge in [0, 0.05) is 5.54 Å². The van der Waals surface area contributed by atoms with Gasteiger partial charge >= 0.3 is 0 Å². The molecule has 3 rings (SSSR count). The Balaban J connectivity index is 1.94. The molecule has 2 aromatic carbocycles. The van der Waals surface area contributed by atoms with Crippen LogP contribution in [0, 0.1) is 5.92 Å². The number of fused-ring (bicyclic) bond motifs is 1. The molecular formula is C19H25N. The van der Waals surface area contributed by atoms with Gasteiger partial charge in [-0.05, 0) is 54.5 Å². The molecule has 2 aromatic rings. The van der Waals surface area contributed by atoms with Crippen LogP contribution in [0.3, 0.4) is 0 Å². The van der Waals surface area contributed by atoms with Gasteiger partial charge in [0.1, 0.15) is 0 Å². The van der Waals surface area contributed by atoms with E-state index in [4.69, 9.17) is 0 Å². The highest BCUT2D eigenvalue weighted by Crippen LogP contribution is 2.32. The van der Waals surface area contributed by atoms with E-state index in [2.05, 4.69) is 61.6 Å². The van der Waals surface area contributed by atoms with E-state index in [9.17, 15) is 0 Å². The number of rotatable bonds is 4. The van der Waals surface area contributed by atoms with Crippen LogP contribution < -0.4 is 5.32 Å². The smallest absolute Gasteiger partial charge is 0.0224 e. The average Bonchev–Trinajstić information content (AvgIpc) is 2.86. The molecule has 0 aromatic heterocycles. The summed E-state index contributed by atoms with van der Waals surface area (Å²) in [6.45, 7) is 5.85. The molecular weight excluding hydrogens is 242 g/mol. The fourth-order valence-electron chi connectivity index (χ4n) is 3.86. The standard InChI is InChI=1S/C19H25N/c1-15(2)13-19(11-6-12-20-19)14-17-9-5-8-16-7-3-4-10-18(16)17/h3-5,7-10,15,20H,6,11-14H2,1-2H3. The summed E-state index contributed by atoms with van der Waals surface area (Å²) in [4.78, 5) is 0. The maximum atomic E-state index is 3.81. The van der Waals surface area contributed by atoms with Crippen LogP contribution >= 0.6 is 0 Å². The third-order valence-electron chi connectivity index (χ3n) is 4.54. The van der Waals surface area contributed by atoms with Crippen LogP contribution in [-0.2, 0) is 6.42 Å². The maximum absolute atomic E-state index is 3.81. The second-order valence-electron chi connectivity index (χ2n) is 6.72. The van der Waals surface area contributed by atoms with E-state index in [1.165, 1.54) is 42.1 Å². The molecule has 0 saturated carbocycles. The van der Waals surface area contributed by atoms with Crippen molar-refractivity contribution in [3.05, 3.63) is 48.0 Å². The lowest BCUT2D eigenvalue weighted by Gasteiger charge is -2.32. The minimum Gasteiger partial charge on any atom is -0.311 e. The lowest BCUT2D eigenvalue weighted by atomic mass is 9.81. The highest BCUT2D eigenvalue weighted by Gasteiger charge is 2.34. The highest BCUT2D eigenvalue weighted by atomic mass is 15.0. The van der Waals surface area contributed by atoms with E-state index >= 15 is 0 Å². The van der Waals surface area contributed by atoms with Crippen molar-refractivity contribution < 1.29 is 0 Å². The molecule has 1 N–H and O–H groups in total. The van der Waals surface area contributed by atoms with E-state index in [-0.39, 0.29) is 0 Å². The summed E-state index contributed by atoms with van der Waals surface area (Å²) < 4.78 is 0. The molecule has 1 saturated heterocycles. The second kappa shape index (κ2) is 5.57. The summed E-state index contributed by atoms with van der Waals surface area (Å²) in [5, 5.41) is 6.60. The molecule has 0 spiro atoms. The first-order valence-corrected chi connectivity index (χ1v) is 7.90. The maximum Gasteiger partial charge on any atom is 0.0224 e. The topological polar surface area (TPSA) is 12.0 Å². The van der Waals surface area contributed by atoms with Gasteiger partial charge in [-0.15, -0.1) is 0 Å². The third kappa shape index (κ3) is 2.73. The molecule has 0 radical (unpaired) electrons. The van der Waals surface area contributed by atoms with Crippen molar-refractivity contribution in [2.75, 3.05) is 6.54 Å². The van der Waals surface area contributed by atoms with Crippen LogP contribution in [0.15, 0.2) is 42.5 Å². The molecule has 1 unspecified atom stereocenters. The Kier molecular flexibility index (Phi) is 3.80. The predicted octanol–water partition coefficient (Wildman–Crippen LogP) is 4.55. The molecule has 1 fully saturated rings. The van der Waals surface area contributed by atoms with Gasteiger partial charge in [0.2, 0.25) is 0 Å². The van der Waals surface area contributed by atoms with Gasteiger partial charge < -0.3 is 5.32 Å². The quantitative estimate of drug-likeness (QED) is 0.857. The van der Waals surface area contributed by atoms with Gasteiger partial charge in [0.15, 0.2) is 0 Å². The van der Waals surface area contributed by atoms with Gasteiger partial charge in [0.25, 0.3) is 0 Å². The van der Waals surface area contributed by atoms with Crippen LogP contribution in [-0.4, -0.2) is 12.1 Å². The first-order valence-electron chi connectivity index (χ1n) is 7.90. The fraction of sp³-hybridized carbons (Fsp3) is 0.474. The van der Waals surface area contributed by atoms with Crippen molar-refractivity contribution in [2.45, 2.75) is 45.1 Å². The molecule has 106 valence electrons. The van der Waals surface area contributed by atoms with Crippen LogP contribution in [0.1, 0.15) is 38.7 Å². The third-order valence-corrected chi connectivity index (χ3v) is 4.54. The molecule has 0 aliphatic carbocycles. The summed E-state index contributed by atoms with van der Waals surface area (Å²) in [6, 6.07) is 15.5. The van der Waals surface area contributed by atoms with Crippen molar-refractivity contribution in [3.8, 4) is 0 Å². The summed E-state index contributed by atoms with van der Waals surface area (Å²) in [7, 11) is 0. The lowest BCUT2D eigenvalue weighted by Crippen LogP contribution is -2.43. The predicted molar refractivity (Wildman–Crippen MR) is 87.1 cm³/mol. The van der Waals surface area contributed by atoms with E-state index in [0.29, 0.717) is 5.54 Å². The SMILES string of the molecule is CC(C)CC1(Cc2cccc3ccccc23)CCCN1. The molecule has 1 heterocycles. The minimum absolute atomic E-state index is 0.318. The van der Waals surface area contributed by atoms with Gasteiger partial charge in [-0.25, -0.2) is 0 Å². The summed E-state index contributed by atoms with van der Waals surface area (Å²) in [5.74, 6) is 0.746. The second-order valence-corrected chi connectivity index (χ2v) is 6.72. The Morgan fingerprint density at radius 1 is 1.10 bits per heavy atom. The Morgan fingerprint density at radius 3 is 2.65 bits per heavy atom. The average molecular weight is 267 g/mol. The van der Waals surface area contributed by atoms with Crippen molar-refractivity contribution in [3.63, 3.8) is 0 Å². The van der Waals surface area contributed by atoms with E-state index in [0.717, 1.165) is 12.3 Å². The summed E-state index contributed by atoms with van der Waals surface area (Å²) in [6.07, 6.45) is 5.06. The first-order chi connectivity index (χ1) is 9.69. The molecule has 1 atom stereocenters. The van der Waals surface area contributed by atoms with Crippen LogP contribution in [0.25, 0.3) is 10.8 Å². The van der Waals surface area contributed by atoms with Crippen LogP contribution in [0.2, 0.25) is 0 Å². The van der Waals surface area contributed by atoms with Crippen molar-refractivity contribution in [2.24, 2.45) is 5.92 Å². The normalized spacial score (nSPS) is 22.8. The molecule has 0 bridgehead atoms. The molecule has 1 heteroatoms. The van der Waals surface area contributed by atoms with E-state index < -0.39 is 0 Å². The van der Waals surface area contributed by atoms with Crippen LogP contribution in [0.5, 0.6) is 0 Å². The van der Waals surface area contributed by atoms with E-state index in [1.807, 2.05) is 0 Å². The monoisotopic (exact) mass is 267 g/mol. The molecule has 1 aliphatic rings. The van der Waals surface area contributed by atoms with Crippen molar-refractivity contribution in [1.82, 2.24) is 5.32 Å². The van der Waals surface area contributed by atoms with Gasteiger partial charge in [-0.2, -0.15) is 0 Å². The number of hydrogen-bond acceptors (Lipinski definition) is 1.